The molecule has 0 bridgehead atoms. The van der Waals surface area contributed by atoms with Crippen LogP contribution in [0.1, 0.15) is 26.3 Å². The topological polar surface area (TPSA) is 79.8 Å². The summed E-state index contributed by atoms with van der Waals surface area (Å²) >= 11 is 1.85. The molecule has 6 nitrogen and oxygen atoms in total. The molecular weight excluding hydrogens is 300 g/mol. The quantitative estimate of drug-likeness (QED) is 0.885. The molecule has 2 rings (SSSR count). The number of H-pyrrole nitrogens is 1. The second-order valence-corrected chi connectivity index (χ2v) is 7.74. The van der Waals surface area contributed by atoms with E-state index in [2.05, 4.69) is 36.3 Å². The van der Waals surface area contributed by atoms with Gasteiger partial charge in [-0.15, -0.1) is 0 Å². The Hall–Kier alpha value is -2.02. The van der Waals surface area contributed by atoms with Gasteiger partial charge >= 0.3 is 5.69 Å². The van der Waals surface area contributed by atoms with E-state index in [4.69, 9.17) is 0 Å². The van der Waals surface area contributed by atoms with Gasteiger partial charge < -0.3 is 5.32 Å². The van der Waals surface area contributed by atoms with Gasteiger partial charge in [-0.3, -0.25) is 9.36 Å². The second kappa shape index (κ2) is 6.83. The lowest BCUT2D eigenvalue weighted by molar-refractivity contribution is -0.116. The Kier molecular flexibility index (Phi) is 5.07. The minimum Gasteiger partial charge on any atom is -0.325 e. The van der Waals surface area contributed by atoms with Crippen LogP contribution in [0.25, 0.3) is 0 Å². The number of aromatic amines is 1. The van der Waals surface area contributed by atoms with Crippen molar-refractivity contribution in [3.63, 3.8) is 0 Å². The van der Waals surface area contributed by atoms with E-state index in [-0.39, 0.29) is 17.2 Å². The summed E-state index contributed by atoms with van der Waals surface area (Å²) < 4.78 is 1.41. The largest absolute Gasteiger partial charge is 0.343 e. The number of nitrogens with one attached hydrogen (secondary N) is 2. The molecule has 22 heavy (non-hydrogen) atoms. The minimum atomic E-state index is -0.398. The third-order valence-corrected chi connectivity index (χ3v) is 4.16. The number of nitrogens with zero attached hydrogens (tertiary/aromatic N) is 2. The summed E-state index contributed by atoms with van der Waals surface area (Å²) in [6, 6.07) is 7.74. The number of hydrogen-bond acceptors (Lipinski definition) is 4. The van der Waals surface area contributed by atoms with Crippen LogP contribution in [0.2, 0.25) is 0 Å². The maximum Gasteiger partial charge on any atom is 0.343 e. The molecule has 0 aliphatic carbocycles. The van der Waals surface area contributed by atoms with Crippen LogP contribution in [-0.4, -0.2) is 25.4 Å². The van der Waals surface area contributed by atoms with Gasteiger partial charge in [0.15, 0.2) is 0 Å². The van der Waals surface area contributed by atoms with Gasteiger partial charge in [0.2, 0.25) is 5.91 Å². The zero-order chi connectivity index (χ0) is 16.2. The van der Waals surface area contributed by atoms with Gasteiger partial charge in [-0.1, -0.05) is 32.9 Å². The molecule has 0 fully saturated rings. The highest BCUT2D eigenvalue weighted by molar-refractivity contribution is 7.99. The highest BCUT2D eigenvalue weighted by Gasteiger charge is 2.11. The standard InChI is InChI=1S/C15H20N4O2S/c1-15(2,3)22-9-11-5-4-6-12(7-11)17-13(20)8-19-10-16-18-14(19)21/h4-7,10H,8-9H2,1-3H3,(H,17,20)(H,18,21). The smallest absolute Gasteiger partial charge is 0.325 e. The van der Waals surface area contributed by atoms with Crippen LogP contribution in [-0.2, 0) is 17.1 Å². The van der Waals surface area contributed by atoms with E-state index >= 15 is 0 Å². The molecule has 1 aromatic heterocycles. The SMILES string of the molecule is CC(C)(C)SCc1cccc(NC(=O)Cn2cn[nH]c2=O)c1. The van der Waals surface area contributed by atoms with Crippen LogP contribution in [0.15, 0.2) is 35.4 Å². The van der Waals surface area contributed by atoms with Crippen molar-refractivity contribution in [2.75, 3.05) is 5.32 Å². The lowest BCUT2D eigenvalue weighted by atomic mass is 10.2. The van der Waals surface area contributed by atoms with Crippen LogP contribution in [0, 0.1) is 0 Å². The average Bonchev–Trinajstić information content (AvgIpc) is 2.81. The normalized spacial score (nSPS) is 11.4. The number of aromatic nitrogens is 3. The van der Waals surface area contributed by atoms with Crippen molar-refractivity contribution in [1.29, 1.82) is 0 Å². The Morgan fingerprint density at radius 1 is 1.41 bits per heavy atom. The van der Waals surface area contributed by atoms with E-state index < -0.39 is 5.69 Å². The number of anilines is 1. The van der Waals surface area contributed by atoms with E-state index in [1.54, 1.807) is 0 Å². The number of rotatable bonds is 5. The highest BCUT2D eigenvalue weighted by Crippen LogP contribution is 2.27. The molecule has 118 valence electrons. The van der Waals surface area contributed by atoms with Crippen molar-refractivity contribution in [1.82, 2.24) is 14.8 Å². The Bertz CT molecular complexity index is 700. The molecule has 0 aliphatic rings. The molecule has 1 aromatic carbocycles. The third kappa shape index (κ3) is 5.07. The number of benzene rings is 1. The van der Waals surface area contributed by atoms with Crippen LogP contribution in [0.3, 0.4) is 0 Å². The summed E-state index contributed by atoms with van der Waals surface area (Å²) in [4.78, 5) is 23.2. The molecule has 0 aliphatic heterocycles. The number of carbonyl (C=O) groups is 1. The zero-order valence-electron chi connectivity index (χ0n) is 12.9. The molecule has 0 radical (unpaired) electrons. The Balaban J connectivity index is 1.96. The van der Waals surface area contributed by atoms with E-state index in [0.29, 0.717) is 0 Å². The lowest BCUT2D eigenvalue weighted by Gasteiger charge is -2.17. The first-order valence-corrected chi connectivity index (χ1v) is 7.94. The van der Waals surface area contributed by atoms with E-state index in [1.165, 1.54) is 10.9 Å². The van der Waals surface area contributed by atoms with Crippen molar-refractivity contribution < 1.29 is 4.79 Å². The average molecular weight is 320 g/mol. The minimum absolute atomic E-state index is 0.0592. The van der Waals surface area contributed by atoms with Gasteiger partial charge in [0.05, 0.1) is 0 Å². The van der Waals surface area contributed by atoms with Crippen LogP contribution < -0.4 is 11.0 Å². The van der Waals surface area contributed by atoms with Gasteiger partial charge in [0, 0.05) is 16.2 Å². The van der Waals surface area contributed by atoms with Crippen LogP contribution in [0.4, 0.5) is 5.69 Å². The lowest BCUT2D eigenvalue weighted by Crippen LogP contribution is -2.25. The molecule has 1 heterocycles. The fourth-order valence-corrected chi connectivity index (χ4v) is 2.56. The number of amides is 1. The van der Waals surface area contributed by atoms with Crippen molar-refractivity contribution >= 4 is 23.4 Å². The summed E-state index contributed by atoms with van der Waals surface area (Å²) in [6.07, 6.45) is 1.30. The van der Waals surface area contributed by atoms with Crippen molar-refractivity contribution in [2.45, 2.75) is 37.8 Å². The zero-order valence-corrected chi connectivity index (χ0v) is 13.7. The van der Waals surface area contributed by atoms with Gasteiger partial charge in [0.1, 0.15) is 12.9 Å². The molecule has 0 atom stereocenters. The number of carbonyl (C=O) groups excluding carboxylic acids is 1. The third-order valence-electron chi connectivity index (χ3n) is 2.81. The summed E-state index contributed by atoms with van der Waals surface area (Å²) in [6.45, 7) is 6.46. The first-order valence-electron chi connectivity index (χ1n) is 6.96. The first-order chi connectivity index (χ1) is 10.3. The van der Waals surface area contributed by atoms with E-state index in [1.807, 2.05) is 36.0 Å². The second-order valence-electron chi connectivity index (χ2n) is 5.94. The first kappa shape index (κ1) is 16.4. The van der Waals surface area contributed by atoms with Gasteiger partial charge in [-0.05, 0) is 17.7 Å². The van der Waals surface area contributed by atoms with E-state index in [9.17, 15) is 9.59 Å². The molecule has 2 N–H and O–H groups in total. The predicted octanol–water partition coefficient (Wildman–Crippen LogP) is 2.24. The fourth-order valence-electron chi connectivity index (χ4n) is 1.78. The maximum absolute atomic E-state index is 11.9. The van der Waals surface area contributed by atoms with Crippen LogP contribution in [0.5, 0.6) is 0 Å². The molecule has 1 amide bonds. The number of thioether (sulfide) groups is 1. The van der Waals surface area contributed by atoms with Gasteiger partial charge in [-0.2, -0.15) is 16.9 Å². The van der Waals surface area contributed by atoms with E-state index in [0.717, 1.165) is 17.0 Å². The summed E-state index contributed by atoms with van der Waals surface area (Å²) in [7, 11) is 0. The Labute approximate surface area is 133 Å². The summed E-state index contributed by atoms with van der Waals surface area (Å²) in [5.74, 6) is 0.623. The predicted molar refractivity (Wildman–Crippen MR) is 89.0 cm³/mol. The summed E-state index contributed by atoms with van der Waals surface area (Å²) in [5, 5.41) is 8.63. The van der Waals surface area contributed by atoms with Gasteiger partial charge in [-0.25, -0.2) is 9.89 Å². The molecule has 2 aromatic rings. The molecular formula is C15H20N4O2S. The van der Waals surface area contributed by atoms with Crippen molar-refractivity contribution in [3.8, 4) is 0 Å². The molecule has 7 heteroatoms. The summed E-state index contributed by atoms with van der Waals surface area (Å²) in [5.41, 5.74) is 1.48. The Morgan fingerprint density at radius 2 is 2.18 bits per heavy atom. The van der Waals surface area contributed by atoms with Crippen LogP contribution >= 0.6 is 11.8 Å². The molecule has 0 saturated carbocycles. The number of hydrogen-bond donors (Lipinski definition) is 2. The maximum atomic E-state index is 11.9. The Morgan fingerprint density at radius 3 is 2.82 bits per heavy atom. The fraction of sp³-hybridized carbons (Fsp3) is 0.400. The van der Waals surface area contributed by atoms with Gasteiger partial charge in [0.25, 0.3) is 0 Å². The molecule has 0 saturated heterocycles. The van der Waals surface area contributed by atoms with Crippen molar-refractivity contribution in [2.24, 2.45) is 0 Å². The van der Waals surface area contributed by atoms with Crippen molar-refractivity contribution in [3.05, 3.63) is 46.6 Å². The molecule has 0 unspecified atom stereocenters. The monoisotopic (exact) mass is 320 g/mol. The molecule has 0 spiro atoms. The highest BCUT2D eigenvalue weighted by atomic mass is 32.2.